The van der Waals surface area contributed by atoms with E-state index < -0.39 is 11.8 Å². The number of carbonyl (C=O) groups excluding carboxylic acids is 2. The van der Waals surface area contributed by atoms with Crippen molar-refractivity contribution in [1.82, 2.24) is 10.7 Å². The van der Waals surface area contributed by atoms with Gasteiger partial charge in [0.25, 0.3) is 0 Å². The third-order valence-electron chi connectivity index (χ3n) is 3.52. The van der Waals surface area contributed by atoms with Crippen molar-refractivity contribution in [2.75, 3.05) is 6.79 Å². The molecule has 0 bridgehead atoms. The first-order chi connectivity index (χ1) is 12.9. The summed E-state index contributed by atoms with van der Waals surface area (Å²) in [6.07, 6.45) is 1.38. The summed E-state index contributed by atoms with van der Waals surface area (Å²) in [7, 11) is 0. The van der Waals surface area contributed by atoms with Crippen LogP contribution in [0.25, 0.3) is 0 Å². The van der Waals surface area contributed by atoms with Crippen LogP contribution in [-0.2, 0) is 16.1 Å². The number of ether oxygens (including phenoxy) is 2. The number of hydrazone groups is 1. The van der Waals surface area contributed by atoms with Gasteiger partial charge < -0.3 is 14.8 Å². The molecule has 7 nitrogen and oxygen atoms in total. The molecule has 2 aromatic rings. The number of amides is 2. The van der Waals surface area contributed by atoms with Crippen molar-refractivity contribution in [3.05, 3.63) is 56.0 Å². The molecule has 2 aromatic carbocycles. The zero-order valence-corrected chi connectivity index (χ0v) is 16.7. The van der Waals surface area contributed by atoms with Gasteiger partial charge in [0.2, 0.25) is 6.79 Å². The van der Waals surface area contributed by atoms with Gasteiger partial charge in [-0.15, -0.1) is 0 Å². The van der Waals surface area contributed by atoms with Gasteiger partial charge in [-0.3, -0.25) is 9.59 Å². The lowest BCUT2D eigenvalue weighted by Crippen LogP contribution is -2.37. The van der Waals surface area contributed by atoms with Crippen LogP contribution >= 0.6 is 39.1 Å². The quantitative estimate of drug-likeness (QED) is 0.406. The molecule has 0 radical (unpaired) electrons. The first-order valence-electron chi connectivity index (χ1n) is 7.58. The maximum Gasteiger partial charge on any atom is 0.329 e. The average Bonchev–Trinajstić information content (AvgIpc) is 3.07. The summed E-state index contributed by atoms with van der Waals surface area (Å²) >= 11 is 15.2. The summed E-state index contributed by atoms with van der Waals surface area (Å²) in [5, 5.41) is 7.11. The fourth-order valence-electron chi connectivity index (χ4n) is 2.16. The molecule has 10 heteroatoms. The van der Waals surface area contributed by atoms with Crippen molar-refractivity contribution < 1.29 is 19.1 Å². The van der Waals surface area contributed by atoms with E-state index in [0.717, 1.165) is 0 Å². The SMILES string of the molecule is O=C(NCc1ccc(Cl)cc1Cl)C(=O)N/N=C\c1cc2c(cc1Br)OCO2. The van der Waals surface area contributed by atoms with Crippen LogP contribution in [-0.4, -0.2) is 24.8 Å². The van der Waals surface area contributed by atoms with Gasteiger partial charge in [0.05, 0.1) is 6.21 Å². The molecule has 27 heavy (non-hydrogen) atoms. The number of benzene rings is 2. The Kier molecular flexibility index (Phi) is 6.20. The monoisotopic (exact) mass is 471 g/mol. The van der Waals surface area contributed by atoms with E-state index in [0.29, 0.717) is 37.1 Å². The summed E-state index contributed by atoms with van der Waals surface area (Å²) in [6.45, 7) is 0.233. The summed E-state index contributed by atoms with van der Waals surface area (Å²) in [6, 6.07) is 8.29. The summed E-state index contributed by atoms with van der Waals surface area (Å²) < 4.78 is 11.2. The Morgan fingerprint density at radius 2 is 1.89 bits per heavy atom. The van der Waals surface area contributed by atoms with Crippen molar-refractivity contribution in [3.63, 3.8) is 0 Å². The first kappa shape index (κ1) is 19.5. The summed E-state index contributed by atoms with van der Waals surface area (Å²) in [5.74, 6) is -0.567. The Bertz CT molecular complexity index is 937. The molecule has 0 fully saturated rings. The van der Waals surface area contributed by atoms with Crippen molar-refractivity contribution in [2.45, 2.75) is 6.54 Å². The molecule has 0 aromatic heterocycles. The second-order valence-corrected chi connectivity index (χ2v) is 7.04. The molecule has 0 aliphatic carbocycles. The smallest absolute Gasteiger partial charge is 0.329 e. The van der Waals surface area contributed by atoms with Gasteiger partial charge in [-0.1, -0.05) is 29.3 Å². The van der Waals surface area contributed by atoms with Crippen molar-refractivity contribution in [3.8, 4) is 11.5 Å². The van der Waals surface area contributed by atoms with Gasteiger partial charge in [-0.05, 0) is 45.8 Å². The normalized spacial score (nSPS) is 12.3. The van der Waals surface area contributed by atoms with Crippen LogP contribution in [0.15, 0.2) is 39.9 Å². The molecule has 0 spiro atoms. The lowest BCUT2D eigenvalue weighted by atomic mass is 10.2. The van der Waals surface area contributed by atoms with E-state index in [4.69, 9.17) is 32.7 Å². The molecule has 0 atom stereocenters. The van der Waals surface area contributed by atoms with E-state index >= 15 is 0 Å². The van der Waals surface area contributed by atoms with Gasteiger partial charge in [-0.25, -0.2) is 5.43 Å². The minimum atomic E-state index is -0.909. The summed E-state index contributed by atoms with van der Waals surface area (Å²) in [4.78, 5) is 23.7. The third kappa shape index (κ3) is 4.91. The molecule has 2 N–H and O–H groups in total. The highest BCUT2D eigenvalue weighted by Crippen LogP contribution is 2.36. The predicted octanol–water partition coefficient (Wildman–Crippen LogP) is 3.25. The lowest BCUT2D eigenvalue weighted by molar-refractivity contribution is -0.139. The van der Waals surface area contributed by atoms with Crippen molar-refractivity contribution in [2.24, 2.45) is 5.10 Å². The standard InChI is InChI=1S/C17H12BrCl2N3O4/c18-12-5-15-14(26-8-27-15)3-10(12)7-22-23-17(25)16(24)21-6-9-1-2-11(19)4-13(9)20/h1-5,7H,6,8H2,(H,21,24)(H,23,25)/b22-7-. The number of hydrogen-bond donors (Lipinski definition) is 2. The molecule has 0 saturated heterocycles. The van der Waals surface area contributed by atoms with Crippen LogP contribution in [0.3, 0.4) is 0 Å². The molecule has 1 aliphatic rings. The highest BCUT2D eigenvalue weighted by atomic mass is 79.9. The van der Waals surface area contributed by atoms with Crippen LogP contribution in [0.2, 0.25) is 10.0 Å². The van der Waals surface area contributed by atoms with Crippen LogP contribution in [0.1, 0.15) is 11.1 Å². The molecular weight excluding hydrogens is 461 g/mol. The highest BCUT2D eigenvalue weighted by Gasteiger charge is 2.16. The van der Waals surface area contributed by atoms with Crippen LogP contribution in [0, 0.1) is 0 Å². The lowest BCUT2D eigenvalue weighted by Gasteiger charge is -2.06. The van der Waals surface area contributed by atoms with E-state index in [-0.39, 0.29) is 13.3 Å². The zero-order valence-electron chi connectivity index (χ0n) is 13.6. The molecule has 1 heterocycles. The molecule has 0 saturated carbocycles. The fourth-order valence-corrected chi connectivity index (χ4v) is 3.06. The largest absolute Gasteiger partial charge is 0.454 e. The molecule has 1 aliphatic heterocycles. The molecule has 0 unspecified atom stereocenters. The highest BCUT2D eigenvalue weighted by molar-refractivity contribution is 9.10. The van der Waals surface area contributed by atoms with Gasteiger partial charge >= 0.3 is 11.8 Å². The second kappa shape index (κ2) is 8.60. The van der Waals surface area contributed by atoms with E-state index in [2.05, 4.69) is 31.8 Å². The number of fused-ring (bicyclic) bond motifs is 1. The number of nitrogens with one attached hydrogen (secondary N) is 2. The number of nitrogens with zero attached hydrogens (tertiary/aromatic N) is 1. The average molecular weight is 473 g/mol. The third-order valence-corrected chi connectivity index (χ3v) is 4.80. The number of halogens is 3. The number of rotatable bonds is 4. The van der Waals surface area contributed by atoms with E-state index in [9.17, 15) is 9.59 Å². The first-order valence-corrected chi connectivity index (χ1v) is 9.13. The zero-order chi connectivity index (χ0) is 19.4. The van der Waals surface area contributed by atoms with Crippen LogP contribution in [0.4, 0.5) is 0 Å². The summed E-state index contributed by atoms with van der Waals surface area (Å²) in [5.41, 5.74) is 3.44. The fraction of sp³-hybridized carbons (Fsp3) is 0.118. The number of carbonyl (C=O) groups is 2. The van der Waals surface area contributed by atoms with Crippen molar-refractivity contribution in [1.29, 1.82) is 0 Å². The van der Waals surface area contributed by atoms with Gasteiger partial charge in [0.15, 0.2) is 11.5 Å². The number of hydrogen-bond acceptors (Lipinski definition) is 5. The molecule has 2 amide bonds. The topological polar surface area (TPSA) is 89.0 Å². The van der Waals surface area contributed by atoms with Gasteiger partial charge in [0, 0.05) is 26.6 Å². The Balaban J connectivity index is 1.54. The molecule has 140 valence electrons. The molecular formula is C17H12BrCl2N3O4. The Morgan fingerprint density at radius 3 is 2.63 bits per heavy atom. The minimum Gasteiger partial charge on any atom is -0.454 e. The van der Waals surface area contributed by atoms with Crippen LogP contribution < -0.4 is 20.2 Å². The Hall–Kier alpha value is -2.29. The maximum atomic E-state index is 11.8. The Labute approximate surface area is 172 Å². The van der Waals surface area contributed by atoms with Crippen molar-refractivity contribution >= 4 is 57.2 Å². The van der Waals surface area contributed by atoms with E-state index in [1.165, 1.54) is 6.21 Å². The second-order valence-electron chi connectivity index (χ2n) is 5.34. The van der Waals surface area contributed by atoms with Gasteiger partial charge in [0.1, 0.15) is 0 Å². The molecule has 3 rings (SSSR count). The van der Waals surface area contributed by atoms with Crippen LogP contribution in [0.5, 0.6) is 11.5 Å². The van der Waals surface area contributed by atoms with E-state index in [1.807, 2.05) is 0 Å². The predicted molar refractivity (Wildman–Crippen MR) is 104 cm³/mol. The van der Waals surface area contributed by atoms with E-state index in [1.54, 1.807) is 30.3 Å². The Morgan fingerprint density at radius 1 is 1.15 bits per heavy atom. The minimum absolute atomic E-state index is 0.0830. The van der Waals surface area contributed by atoms with Gasteiger partial charge in [-0.2, -0.15) is 5.10 Å². The maximum absolute atomic E-state index is 11.8.